The van der Waals surface area contributed by atoms with E-state index in [0.717, 1.165) is 25.6 Å². The SMILES string of the molecule is COC(=O)c1sc(N)c(C(=O)OC)c1COC(=O)C(C)NC(=O)c1ccccc1Cl. The van der Waals surface area contributed by atoms with E-state index in [0.29, 0.717) is 0 Å². The van der Waals surface area contributed by atoms with Crippen molar-refractivity contribution in [1.82, 2.24) is 5.32 Å². The van der Waals surface area contributed by atoms with Gasteiger partial charge in [0.05, 0.1) is 24.8 Å². The number of carbonyl (C=O) groups is 4. The molecule has 1 heterocycles. The molecule has 11 heteroatoms. The zero-order valence-electron chi connectivity index (χ0n) is 16.3. The molecule has 160 valence electrons. The molecular formula is C19H19ClN2O7S. The number of halogens is 1. The third-order valence-corrected chi connectivity index (χ3v) is 5.34. The molecule has 2 rings (SSSR count). The van der Waals surface area contributed by atoms with Gasteiger partial charge >= 0.3 is 17.9 Å². The molecule has 2 aromatic rings. The molecule has 1 unspecified atom stereocenters. The standard InChI is InChI=1S/C19H19ClN2O7S/c1-9(22-16(23)10-6-4-5-7-12(10)20)17(24)29-8-11-13(18(25)27-2)15(21)30-14(11)19(26)28-3/h4-7,9H,8,21H2,1-3H3,(H,22,23). The van der Waals surface area contributed by atoms with Crippen LogP contribution in [-0.2, 0) is 25.6 Å². The minimum atomic E-state index is -1.03. The van der Waals surface area contributed by atoms with Gasteiger partial charge in [-0.1, -0.05) is 23.7 Å². The molecule has 0 aliphatic carbocycles. The maximum absolute atomic E-state index is 12.3. The predicted molar refractivity (Wildman–Crippen MR) is 110 cm³/mol. The highest BCUT2D eigenvalue weighted by Gasteiger charge is 2.29. The number of esters is 3. The Hall–Kier alpha value is -3.11. The lowest BCUT2D eigenvalue weighted by molar-refractivity contribution is -0.146. The summed E-state index contributed by atoms with van der Waals surface area (Å²) >= 11 is 6.79. The monoisotopic (exact) mass is 454 g/mol. The van der Waals surface area contributed by atoms with Gasteiger partial charge in [-0.3, -0.25) is 4.79 Å². The summed E-state index contributed by atoms with van der Waals surface area (Å²) in [6.45, 7) is 0.967. The number of methoxy groups -OCH3 is 2. The lowest BCUT2D eigenvalue weighted by Crippen LogP contribution is -2.39. The first kappa shape index (κ1) is 23.2. The van der Waals surface area contributed by atoms with Crippen LogP contribution in [0.2, 0.25) is 5.02 Å². The van der Waals surface area contributed by atoms with Gasteiger partial charge in [-0.2, -0.15) is 0 Å². The van der Waals surface area contributed by atoms with E-state index < -0.39 is 36.5 Å². The van der Waals surface area contributed by atoms with Crippen LogP contribution in [0.5, 0.6) is 0 Å². The van der Waals surface area contributed by atoms with Crippen molar-refractivity contribution in [2.24, 2.45) is 0 Å². The van der Waals surface area contributed by atoms with E-state index in [2.05, 4.69) is 14.8 Å². The number of benzene rings is 1. The van der Waals surface area contributed by atoms with Crippen LogP contribution >= 0.6 is 22.9 Å². The molecule has 0 saturated carbocycles. The van der Waals surface area contributed by atoms with Gasteiger partial charge in [-0.05, 0) is 19.1 Å². The van der Waals surface area contributed by atoms with Gasteiger partial charge in [-0.25, -0.2) is 14.4 Å². The Morgan fingerprint density at radius 2 is 1.77 bits per heavy atom. The summed E-state index contributed by atoms with van der Waals surface area (Å²) in [5.41, 5.74) is 6.01. The minimum absolute atomic E-state index is 0.0101. The highest BCUT2D eigenvalue weighted by Crippen LogP contribution is 2.33. The molecule has 0 aliphatic heterocycles. The van der Waals surface area contributed by atoms with Crippen LogP contribution in [0.4, 0.5) is 5.00 Å². The van der Waals surface area contributed by atoms with Crippen LogP contribution in [0.1, 0.15) is 42.9 Å². The summed E-state index contributed by atoms with van der Waals surface area (Å²) in [6, 6.07) is 5.32. The smallest absolute Gasteiger partial charge is 0.348 e. The number of nitrogens with one attached hydrogen (secondary N) is 1. The second-order valence-electron chi connectivity index (χ2n) is 5.91. The normalized spacial score (nSPS) is 11.3. The van der Waals surface area contributed by atoms with Crippen LogP contribution < -0.4 is 11.1 Å². The topological polar surface area (TPSA) is 134 Å². The highest BCUT2D eigenvalue weighted by atomic mass is 35.5. The summed E-state index contributed by atoms with van der Waals surface area (Å²) in [7, 11) is 2.32. The number of amides is 1. The zero-order valence-corrected chi connectivity index (χ0v) is 17.9. The maximum Gasteiger partial charge on any atom is 0.348 e. The second kappa shape index (κ2) is 10.1. The zero-order chi connectivity index (χ0) is 22.4. The molecule has 3 N–H and O–H groups in total. The molecule has 0 fully saturated rings. The minimum Gasteiger partial charge on any atom is -0.465 e. The van der Waals surface area contributed by atoms with Crippen molar-refractivity contribution in [2.75, 3.05) is 20.0 Å². The van der Waals surface area contributed by atoms with Gasteiger partial charge in [0, 0.05) is 5.56 Å². The largest absolute Gasteiger partial charge is 0.465 e. The fourth-order valence-corrected chi connectivity index (χ4v) is 3.65. The molecule has 1 aromatic heterocycles. The van der Waals surface area contributed by atoms with Crippen molar-refractivity contribution in [1.29, 1.82) is 0 Å². The van der Waals surface area contributed by atoms with Gasteiger partial charge in [0.1, 0.15) is 28.1 Å². The average molecular weight is 455 g/mol. The van der Waals surface area contributed by atoms with Gasteiger partial charge in [-0.15, -0.1) is 11.3 Å². The van der Waals surface area contributed by atoms with Gasteiger partial charge in [0.15, 0.2) is 0 Å². The van der Waals surface area contributed by atoms with E-state index in [9.17, 15) is 19.2 Å². The number of nitrogens with two attached hydrogens (primary N) is 1. The molecule has 9 nitrogen and oxygen atoms in total. The predicted octanol–water partition coefficient (Wildman–Crippen LogP) is 2.42. The Balaban J connectivity index is 2.15. The molecule has 1 aromatic carbocycles. The number of nitrogen functional groups attached to an aromatic ring is 1. The van der Waals surface area contributed by atoms with E-state index in [1.807, 2.05) is 0 Å². The van der Waals surface area contributed by atoms with E-state index in [4.69, 9.17) is 22.1 Å². The van der Waals surface area contributed by atoms with Gasteiger partial charge < -0.3 is 25.3 Å². The molecule has 1 amide bonds. The quantitative estimate of drug-likeness (QED) is 0.481. The van der Waals surface area contributed by atoms with E-state index in [-0.39, 0.29) is 31.6 Å². The number of rotatable bonds is 7. The van der Waals surface area contributed by atoms with Crippen molar-refractivity contribution in [3.05, 3.63) is 50.9 Å². The summed E-state index contributed by atoms with van der Waals surface area (Å²) in [5, 5.41) is 2.72. The van der Waals surface area contributed by atoms with Crippen LogP contribution in [0.3, 0.4) is 0 Å². The van der Waals surface area contributed by atoms with Gasteiger partial charge in [0.2, 0.25) is 0 Å². The number of hydrogen-bond acceptors (Lipinski definition) is 9. The van der Waals surface area contributed by atoms with E-state index in [1.54, 1.807) is 18.2 Å². The molecule has 0 saturated heterocycles. The molecule has 30 heavy (non-hydrogen) atoms. The Morgan fingerprint density at radius 3 is 2.37 bits per heavy atom. The first-order chi connectivity index (χ1) is 14.2. The molecular weight excluding hydrogens is 436 g/mol. The number of carbonyl (C=O) groups excluding carboxylic acids is 4. The van der Waals surface area contributed by atoms with Crippen molar-refractivity contribution < 1.29 is 33.4 Å². The Morgan fingerprint density at radius 1 is 1.13 bits per heavy atom. The van der Waals surface area contributed by atoms with Crippen LogP contribution in [0.15, 0.2) is 24.3 Å². The van der Waals surface area contributed by atoms with Crippen molar-refractivity contribution in [3.8, 4) is 0 Å². The van der Waals surface area contributed by atoms with E-state index >= 15 is 0 Å². The second-order valence-corrected chi connectivity index (χ2v) is 7.37. The van der Waals surface area contributed by atoms with Crippen molar-refractivity contribution in [2.45, 2.75) is 19.6 Å². The highest BCUT2D eigenvalue weighted by molar-refractivity contribution is 7.18. The third-order valence-electron chi connectivity index (χ3n) is 3.97. The summed E-state index contributed by atoms with van der Waals surface area (Å²) in [4.78, 5) is 48.7. The maximum atomic E-state index is 12.3. The fourth-order valence-electron chi connectivity index (χ4n) is 2.45. The number of ether oxygens (including phenoxy) is 3. The Bertz CT molecular complexity index is 989. The average Bonchev–Trinajstić information content (AvgIpc) is 3.06. The van der Waals surface area contributed by atoms with Crippen molar-refractivity contribution >= 4 is 51.8 Å². The van der Waals surface area contributed by atoms with Gasteiger partial charge in [0.25, 0.3) is 5.91 Å². The first-order valence-corrected chi connectivity index (χ1v) is 9.70. The number of anilines is 1. The summed E-state index contributed by atoms with van der Waals surface area (Å²) in [5.74, 6) is -2.89. The number of thiophene rings is 1. The Labute approximate surface area is 181 Å². The summed E-state index contributed by atoms with van der Waals surface area (Å²) in [6.07, 6.45) is 0. The fraction of sp³-hybridized carbons (Fsp3) is 0.263. The number of hydrogen-bond donors (Lipinski definition) is 2. The molecule has 1 atom stereocenters. The Kier molecular flexibility index (Phi) is 7.79. The van der Waals surface area contributed by atoms with Crippen molar-refractivity contribution in [3.63, 3.8) is 0 Å². The molecule has 0 radical (unpaired) electrons. The third kappa shape index (κ3) is 5.08. The lowest BCUT2D eigenvalue weighted by Gasteiger charge is -2.14. The molecule has 0 spiro atoms. The molecule has 0 bridgehead atoms. The lowest BCUT2D eigenvalue weighted by atomic mass is 10.1. The first-order valence-electron chi connectivity index (χ1n) is 8.51. The van der Waals surface area contributed by atoms with Crippen LogP contribution in [0.25, 0.3) is 0 Å². The van der Waals surface area contributed by atoms with Crippen LogP contribution in [-0.4, -0.2) is 44.1 Å². The van der Waals surface area contributed by atoms with Crippen LogP contribution in [0, 0.1) is 0 Å². The molecule has 0 aliphatic rings. The summed E-state index contributed by atoms with van der Waals surface area (Å²) < 4.78 is 14.5. The van der Waals surface area contributed by atoms with E-state index in [1.165, 1.54) is 13.0 Å².